The first kappa shape index (κ1) is 29.9. The Morgan fingerprint density at radius 1 is 1.16 bits per heavy atom. The Balaban J connectivity index is 1.26. The number of thiazole rings is 1. The minimum atomic E-state index is -0.534. The molecule has 5 heterocycles. The molecule has 2 saturated heterocycles. The monoisotopic (exact) mass is 634 g/mol. The molecule has 1 aromatic carbocycles. The highest BCUT2D eigenvalue weighted by atomic mass is 32.1. The number of nitriles is 1. The number of nitrogens with zero attached hydrogens (tertiary/aromatic N) is 9. The van der Waals surface area contributed by atoms with Crippen molar-refractivity contribution in [3.05, 3.63) is 40.4 Å². The molecule has 4 aromatic rings. The van der Waals surface area contributed by atoms with Gasteiger partial charge >= 0.3 is 0 Å². The highest BCUT2D eigenvalue weighted by Gasteiger charge is 2.37. The normalized spacial score (nSPS) is 17.5. The van der Waals surface area contributed by atoms with Crippen molar-refractivity contribution in [2.45, 2.75) is 32.4 Å². The van der Waals surface area contributed by atoms with Crippen LogP contribution in [0.1, 0.15) is 23.1 Å². The number of amides is 2. The Morgan fingerprint density at radius 2 is 1.91 bits per heavy atom. The zero-order chi connectivity index (χ0) is 31.1. The maximum atomic E-state index is 12.9. The molecule has 44 heavy (non-hydrogen) atoms. The summed E-state index contributed by atoms with van der Waals surface area (Å²) in [4.78, 5) is 44.2. The van der Waals surface area contributed by atoms with Crippen LogP contribution in [0.4, 0.5) is 16.1 Å². The van der Waals surface area contributed by atoms with E-state index in [2.05, 4.69) is 16.3 Å². The van der Waals surface area contributed by atoms with Gasteiger partial charge in [-0.2, -0.15) is 9.78 Å². The molecule has 2 fully saturated rings. The number of anilines is 3. The predicted molar refractivity (Wildman–Crippen MR) is 170 cm³/mol. The molecule has 2 aliphatic heterocycles. The summed E-state index contributed by atoms with van der Waals surface area (Å²) < 4.78 is 1.82. The van der Waals surface area contributed by atoms with E-state index >= 15 is 0 Å². The number of rotatable bonds is 8. The summed E-state index contributed by atoms with van der Waals surface area (Å²) in [6.07, 6.45) is 0.219. The molecular weight excluding hydrogens is 601 g/mol. The number of aliphatic hydroxyl groups is 1. The molecule has 15 heteroatoms. The fourth-order valence-electron chi connectivity index (χ4n) is 5.53. The summed E-state index contributed by atoms with van der Waals surface area (Å²) in [7, 11) is 3.51. The first-order valence-corrected chi connectivity index (χ1v) is 16.1. The number of hydrogen-bond acceptors (Lipinski definition) is 12. The molecule has 0 spiro atoms. The van der Waals surface area contributed by atoms with Crippen LogP contribution in [0.2, 0.25) is 0 Å². The number of imidazole rings is 1. The van der Waals surface area contributed by atoms with Gasteiger partial charge in [0.2, 0.25) is 21.9 Å². The highest BCUT2D eigenvalue weighted by molar-refractivity contribution is 7.20. The SMILES string of the molecule is CCc1nc2sc(N3CCN(CC(=O)N4CC(O)C4)[C@H](C(=O)NC)C3)nn2c1N(C)c1nc(-c2ccc(C)cc2)c(C#N)s1. The summed E-state index contributed by atoms with van der Waals surface area (Å²) in [5, 5.41) is 28.5. The number of carbonyl (C=O) groups is 2. The van der Waals surface area contributed by atoms with Gasteiger partial charge < -0.3 is 25.1 Å². The van der Waals surface area contributed by atoms with E-state index in [0.717, 1.165) is 32.7 Å². The molecule has 6 rings (SSSR count). The van der Waals surface area contributed by atoms with Gasteiger partial charge in [0, 0.05) is 52.4 Å². The van der Waals surface area contributed by atoms with E-state index in [9.17, 15) is 20.0 Å². The number of piperazine rings is 1. The third-order valence-electron chi connectivity index (χ3n) is 8.08. The van der Waals surface area contributed by atoms with Gasteiger partial charge in [-0.1, -0.05) is 59.4 Å². The van der Waals surface area contributed by atoms with Crippen molar-refractivity contribution in [2.24, 2.45) is 0 Å². The van der Waals surface area contributed by atoms with Crippen molar-refractivity contribution < 1.29 is 14.7 Å². The first-order chi connectivity index (χ1) is 21.2. The number of aliphatic hydroxyl groups excluding tert-OH is 1. The maximum absolute atomic E-state index is 12.9. The summed E-state index contributed by atoms with van der Waals surface area (Å²) in [5.74, 6) is 0.530. The van der Waals surface area contributed by atoms with Gasteiger partial charge in [0.05, 0.1) is 18.3 Å². The molecule has 3 aromatic heterocycles. The molecule has 1 atom stereocenters. The molecule has 2 N–H and O–H groups in total. The number of aryl methyl sites for hydroxylation is 2. The smallest absolute Gasteiger partial charge is 0.238 e. The number of hydrogen-bond donors (Lipinski definition) is 2. The van der Waals surface area contributed by atoms with Crippen LogP contribution in [0.3, 0.4) is 0 Å². The Labute approximate surface area is 262 Å². The van der Waals surface area contributed by atoms with Gasteiger partial charge in [0.15, 0.2) is 10.9 Å². The Bertz CT molecular complexity index is 1730. The van der Waals surface area contributed by atoms with E-state index < -0.39 is 12.1 Å². The van der Waals surface area contributed by atoms with Crippen LogP contribution >= 0.6 is 22.7 Å². The van der Waals surface area contributed by atoms with Crippen LogP contribution in [-0.4, -0.2) is 112 Å². The van der Waals surface area contributed by atoms with E-state index in [-0.39, 0.29) is 18.4 Å². The fourth-order valence-corrected chi connectivity index (χ4v) is 7.33. The predicted octanol–water partition coefficient (Wildman–Crippen LogP) is 1.86. The number of carbonyl (C=O) groups excluding carboxylic acids is 2. The number of likely N-dealkylation sites (N-methyl/N-ethyl adjacent to an activating group) is 1. The van der Waals surface area contributed by atoms with Gasteiger partial charge in [-0.25, -0.2) is 9.97 Å². The summed E-state index contributed by atoms with van der Waals surface area (Å²) in [5.41, 5.74) is 3.55. The molecule has 0 radical (unpaired) electrons. The van der Waals surface area contributed by atoms with Crippen molar-refractivity contribution in [1.82, 2.24) is 34.7 Å². The van der Waals surface area contributed by atoms with Crippen LogP contribution in [0.15, 0.2) is 24.3 Å². The van der Waals surface area contributed by atoms with Crippen molar-refractivity contribution in [3.8, 4) is 17.3 Å². The van der Waals surface area contributed by atoms with E-state index in [1.54, 1.807) is 11.9 Å². The van der Waals surface area contributed by atoms with E-state index in [1.165, 1.54) is 22.7 Å². The zero-order valence-corrected chi connectivity index (χ0v) is 26.7. The van der Waals surface area contributed by atoms with Crippen molar-refractivity contribution in [3.63, 3.8) is 0 Å². The molecule has 0 bridgehead atoms. The van der Waals surface area contributed by atoms with Crippen LogP contribution in [0.25, 0.3) is 16.2 Å². The number of β-amino-alcohol motifs (C(OH)–C–C–N with tert-alkyl or cyclic N) is 1. The number of likely N-dealkylation sites (tertiary alicyclic amines) is 1. The number of fused-ring (bicyclic) bond motifs is 1. The minimum absolute atomic E-state index is 0.0857. The maximum Gasteiger partial charge on any atom is 0.238 e. The largest absolute Gasteiger partial charge is 0.389 e. The minimum Gasteiger partial charge on any atom is -0.389 e. The van der Waals surface area contributed by atoms with E-state index in [1.807, 2.05) is 59.5 Å². The lowest BCUT2D eigenvalue weighted by molar-refractivity contribution is -0.144. The lowest BCUT2D eigenvalue weighted by Crippen LogP contribution is -2.62. The van der Waals surface area contributed by atoms with Crippen LogP contribution in [0.5, 0.6) is 0 Å². The Kier molecular flexibility index (Phi) is 8.25. The molecule has 0 aliphatic carbocycles. The summed E-state index contributed by atoms with van der Waals surface area (Å²) in [6.45, 7) is 6.33. The fraction of sp³-hybridized carbons (Fsp3) is 0.448. The second-order valence-corrected chi connectivity index (χ2v) is 12.9. The van der Waals surface area contributed by atoms with E-state index in [4.69, 9.17) is 15.1 Å². The Hall–Kier alpha value is -4.10. The lowest BCUT2D eigenvalue weighted by Gasteiger charge is -2.42. The van der Waals surface area contributed by atoms with Crippen LogP contribution in [0, 0.1) is 18.3 Å². The molecular formula is C29H34N10O3S2. The molecule has 0 saturated carbocycles. The number of aromatic nitrogens is 4. The van der Waals surface area contributed by atoms with Crippen LogP contribution in [-0.2, 0) is 16.0 Å². The zero-order valence-electron chi connectivity index (χ0n) is 25.0. The molecule has 2 amide bonds. The number of nitrogens with one attached hydrogen (secondary N) is 1. The highest BCUT2D eigenvalue weighted by Crippen LogP contribution is 2.38. The Morgan fingerprint density at radius 3 is 2.57 bits per heavy atom. The second-order valence-electron chi connectivity index (χ2n) is 11.0. The average molecular weight is 635 g/mol. The molecule has 13 nitrogen and oxygen atoms in total. The van der Waals surface area contributed by atoms with Gasteiger partial charge in [0.25, 0.3) is 0 Å². The topological polar surface area (TPSA) is 146 Å². The third kappa shape index (κ3) is 5.50. The first-order valence-electron chi connectivity index (χ1n) is 14.5. The van der Waals surface area contributed by atoms with Gasteiger partial charge in [0.1, 0.15) is 22.7 Å². The van der Waals surface area contributed by atoms with Gasteiger partial charge in [-0.05, 0) is 13.3 Å². The van der Waals surface area contributed by atoms with Gasteiger partial charge in [-0.15, -0.1) is 5.10 Å². The van der Waals surface area contributed by atoms with Crippen LogP contribution < -0.4 is 15.1 Å². The average Bonchev–Trinajstić information content (AvgIpc) is 3.72. The molecule has 0 unspecified atom stereocenters. The van der Waals surface area contributed by atoms with Crippen molar-refractivity contribution in [1.29, 1.82) is 5.26 Å². The summed E-state index contributed by atoms with van der Waals surface area (Å²) in [6, 6.07) is 9.75. The summed E-state index contributed by atoms with van der Waals surface area (Å²) >= 11 is 2.78. The standard InChI is InChI=1S/C29H34N10O3S2/c1-5-20-26(35(4)27-33-24(22(12-30)43-27)18-8-6-17(2)7-9-18)39-28(32-20)44-29(34-39)37-11-10-36(21(15-37)25(42)31-3)16-23(41)38-13-19(40)14-38/h6-9,19,21,40H,5,10-11,13-16H2,1-4H3,(H,31,42)/t21-/m0/s1. The third-order valence-corrected chi connectivity index (χ3v) is 10.1. The lowest BCUT2D eigenvalue weighted by atomic mass is 10.1. The second kappa shape index (κ2) is 12.1. The quantitative estimate of drug-likeness (QED) is 0.295. The molecule has 230 valence electrons. The van der Waals surface area contributed by atoms with E-state index in [0.29, 0.717) is 54.8 Å². The van der Waals surface area contributed by atoms with Gasteiger partial charge in [-0.3, -0.25) is 14.5 Å². The van der Waals surface area contributed by atoms with Crippen molar-refractivity contribution in [2.75, 3.05) is 63.2 Å². The number of benzene rings is 1. The van der Waals surface area contributed by atoms with Crippen molar-refractivity contribution >= 4 is 55.5 Å². The molecule has 2 aliphatic rings.